The SMILES string of the molecule is CNS(=O)(=O)c1cc(NC(=O)CSc2nnc(-c3ccc(C)cc3)n2C)ccc1C. The highest BCUT2D eigenvalue weighted by Gasteiger charge is 2.17. The Hall–Kier alpha value is -2.69. The fourth-order valence-electron chi connectivity index (χ4n) is 2.80. The second kappa shape index (κ2) is 8.99. The molecule has 0 aliphatic rings. The van der Waals surface area contributed by atoms with Crippen molar-refractivity contribution in [3.8, 4) is 11.4 Å². The molecule has 1 amide bonds. The quantitative estimate of drug-likeness (QED) is 0.542. The average Bonchev–Trinajstić information content (AvgIpc) is 3.09. The van der Waals surface area contributed by atoms with E-state index in [1.54, 1.807) is 19.1 Å². The molecule has 3 aromatic rings. The van der Waals surface area contributed by atoms with Crippen molar-refractivity contribution >= 4 is 33.4 Å². The number of hydrogen-bond acceptors (Lipinski definition) is 6. The minimum atomic E-state index is -3.60. The Morgan fingerprint density at radius 3 is 2.47 bits per heavy atom. The number of benzene rings is 2. The lowest BCUT2D eigenvalue weighted by Crippen LogP contribution is -2.20. The third-order valence-electron chi connectivity index (χ3n) is 4.51. The van der Waals surface area contributed by atoms with E-state index in [0.717, 1.165) is 17.0 Å². The Morgan fingerprint density at radius 1 is 1.10 bits per heavy atom. The molecule has 2 N–H and O–H groups in total. The van der Waals surface area contributed by atoms with Gasteiger partial charge in [-0.15, -0.1) is 10.2 Å². The molecule has 0 unspecified atom stereocenters. The van der Waals surface area contributed by atoms with Gasteiger partial charge in [0.1, 0.15) is 0 Å². The van der Waals surface area contributed by atoms with Crippen molar-refractivity contribution in [1.82, 2.24) is 19.5 Å². The largest absolute Gasteiger partial charge is 0.325 e. The minimum Gasteiger partial charge on any atom is -0.325 e. The third kappa shape index (κ3) is 4.89. The van der Waals surface area contributed by atoms with E-state index >= 15 is 0 Å². The second-order valence-corrected chi connectivity index (χ2v) is 9.55. The van der Waals surface area contributed by atoms with Gasteiger partial charge in [-0.1, -0.05) is 47.7 Å². The molecule has 30 heavy (non-hydrogen) atoms. The highest BCUT2D eigenvalue weighted by molar-refractivity contribution is 7.99. The lowest BCUT2D eigenvalue weighted by molar-refractivity contribution is -0.113. The van der Waals surface area contributed by atoms with Crippen molar-refractivity contribution in [2.45, 2.75) is 23.9 Å². The Labute approximate surface area is 180 Å². The maximum absolute atomic E-state index is 12.4. The molecule has 0 saturated heterocycles. The van der Waals surface area contributed by atoms with Crippen molar-refractivity contribution in [2.75, 3.05) is 18.1 Å². The van der Waals surface area contributed by atoms with Crippen LogP contribution in [0.25, 0.3) is 11.4 Å². The van der Waals surface area contributed by atoms with E-state index in [0.29, 0.717) is 16.4 Å². The molecule has 8 nitrogen and oxygen atoms in total. The first-order chi connectivity index (χ1) is 14.2. The fraction of sp³-hybridized carbons (Fsp3) is 0.250. The number of sulfonamides is 1. The molecule has 2 aromatic carbocycles. The summed E-state index contributed by atoms with van der Waals surface area (Å²) in [5.41, 5.74) is 3.12. The number of amides is 1. The van der Waals surface area contributed by atoms with Crippen LogP contribution in [-0.2, 0) is 21.9 Å². The maximum Gasteiger partial charge on any atom is 0.240 e. The van der Waals surface area contributed by atoms with E-state index in [2.05, 4.69) is 20.2 Å². The van der Waals surface area contributed by atoms with Crippen molar-refractivity contribution in [2.24, 2.45) is 7.05 Å². The summed E-state index contributed by atoms with van der Waals surface area (Å²) in [4.78, 5) is 12.5. The molecule has 0 saturated carbocycles. The summed E-state index contributed by atoms with van der Waals surface area (Å²) in [5, 5.41) is 11.7. The summed E-state index contributed by atoms with van der Waals surface area (Å²) in [6.07, 6.45) is 0. The highest BCUT2D eigenvalue weighted by atomic mass is 32.2. The molecular weight excluding hydrogens is 422 g/mol. The van der Waals surface area contributed by atoms with E-state index in [1.165, 1.54) is 24.9 Å². The van der Waals surface area contributed by atoms with Crippen LogP contribution in [0.2, 0.25) is 0 Å². The van der Waals surface area contributed by atoms with Crippen LogP contribution in [0.1, 0.15) is 11.1 Å². The van der Waals surface area contributed by atoms with Crippen molar-refractivity contribution in [1.29, 1.82) is 0 Å². The molecule has 3 rings (SSSR count). The van der Waals surface area contributed by atoms with Crippen molar-refractivity contribution in [3.05, 3.63) is 53.6 Å². The lowest BCUT2D eigenvalue weighted by Gasteiger charge is -2.10. The standard InChI is InChI=1S/C20H23N5O3S2/c1-13-5-8-15(9-6-13)19-23-24-20(25(19)4)29-12-18(26)22-16-10-7-14(2)17(11-16)30(27,28)21-3/h5-11,21H,12H2,1-4H3,(H,22,26). The summed E-state index contributed by atoms with van der Waals surface area (Å²) < 4.78 is 28.3. The first-order valence-corrected chi connectivity index (χ1v) is 11.6. The number of hydrogen-bond donors (Lipinski definition) is 2. The molecule has 0 aliphatic carbocycles. The van der Waals surface area contributed by atoms with E-state index in [1.807, 2.05) is 42.8 Å². The number of nitrogens with zero attached hydrogens (tertiary/aromatic N) is 3. The lowest BCUT2D eigenvalue weighted by atomic mass is 10.1. The molecule has 10 heteroatoms. The Bertz CT molecular complexity index is 1170. The van der Waals surface area contributed by atoms with Crippen LogP contribution in [0.3, 0.4) is 0 Å². The number of anilines is 1. The number of aromatic nitrogens is 3. The van der Waals surface area contributed by atoms with E-state index in [-0.39, 0.29) is 16.6 Å². The number of nitrogens with one attached hydrogen (secondary N) is 2. The number of carbonyl (C=O) groups is 1. The van der Waals surface area contributed by atoms with Crippen LogP contribution in [0.5, 0.6) is 0 Å². The Balaban J connectivity index is 1.67. The van der Waals surface area contributed by atoms with Gasteiger partial charge in [0.2, 0.25) is 15.9 Å². The van der Waals surface area contributed by atoms with Crippen LogP contribution in [-0.4, -0.2) is 41.9 Å². The van der Waals surface area contributed by atoms with Gasteiger partial charge in [-0.25, -0.2) is 13.1 Å². The smallest absolute Gasteiger partial charge is 0.240 e. The number of thioether (sulfide) groups is 1. The Morgan fingerprint density at radius 2 is 1.80 bits per heavy atom. The first-order valence-electron chi connectivity index (χ1n) is 9.14. The molecule has 0 radical (unpaired) electrons. The molecule has 1 aromatic heterocycles. The van der Waals surface area contributed by atoms with Crippen molar-refractivity contribution < 1.29 is 13.2 Å². The van der Waals surface area contributed by atoms with Gasteiger partial charge in [0.05, 0.1) is 10.6 Å². The average molecular weight is 446 g/mol. The van der Waals surface area contributed by atoms with E-state index in [4.69, 9.17) is 0 Å². The van der Waals surface area contributed by atoms with Gasteiger partial charge in [-0.05, 0) is 38.6 Å². The zero-order valence-electron chi connectivity index (χ0n) is 17.1. The summed E-state index contributed by atoms with van der Waals surface area (Å²) in [6.45, 7) is 3.72. The predicted octanol–water partition coefficient (Wildman–Crippen LogP) is 2.74. The summed E-state index contributed by atoms with van der Waals surface area (Å²) in [5.74, 6) is 0.567. The highest BCUT2D eigenvalue weighted by Crippen LogP contribution is 2.24. The topological polar surface area (TPSA) is 106 Å². The molecule has 158 valence electrons. The van der Waals surface area contributed by atoms with Gasteiger partial charge in [0, 0.05) is 18.3 Å². The van der Waals surface area contributed by atoms with Crippen LogP contribution < -0.4 is 10.0 Å². The van der Waals surface area contributed by atoms with E-state index in [9.17, 15) is 13.2 Å². The number of aryl methyl sites for hydroxylation is 2. The summed E-state index contributed by atoms with van der Waals surface area (Å²) in [7, 11) is -0.401. The number of carbonyl (C=O) groups excluding carboxylic acids is 1. The Kier molecular flexibility index (Phi) is 6.59. The van der Waals surface area contributed by atoms with Crippen LogP contribution in [0, 0.1) is 13.8 Å². The third-order valence-corrected chi connectivity index (χ3v) is 7.08. The second-order valence-electron chi connectivity index (χ2n) is 6.76. The zero-order chi connectivity index (χ0) is 21.9. The van der Waals surface area contributed by atoms with E-state index < -0.39 is 10.0 Å². The summed E-state index contributed by atoms with van der Waals surface area (Å²) >= 11 is 1.26. The summed E-state index contributed by atoms with van der Waals surface area (Å²) in [6, 6.07) is 12.8. The molecular formula is C20H23N5O3S2. The fourth-order valence-corrected chi connectivity index (χ4v) is 4.50. The molecule has 0 spiro atoms. The van der Waals surface area contributed by atoms with Crippen LogP contribution >= 0.6 is 11.8 Å². The molecule has 0 bridgehead atoms. The van der Waals surface area contributed by atoms with Gasteiger partial charge in [-0.3, -0.25) is 4.79 Å². The van der Waals surface area contributed by atoms with Gasteiger partial charge < -0.3 is 9.88 Å². The van der Waals surface area contributed by atoms with Crippen molar-refractivity contribution in [3.63, 3.8) is 0 Å². The normalized spacial score (nSPS) is 11.5. The molecule has 0 aliphatic heterocycles. The van der Waals surface area contributed by atoms with Gasteiger partial charge in [0.15, 0.2) is 11.0 Å². The zero-order valence-corrected chi connectivity index (χ0v) is 18.8. The molecule has 0 atom stereocenters. The predicted molar refractivity (Wildman–Crippen MR) is 118 cm³/mol. The first kappa shape index (κ1) is 22.0. The van der Waals surface area contributed by atoms with Gasteiger partial charge in [0.25, 0.3) is 0 Å². The van der Waals surface area contributed by atoms with Crippen LogP contribution in [0.4, 0.5) is 5.69 Å². The molecule has 1 heterocycles. The van der Waals surface area contributed by atoms with Gasteiger partial charge >= 0.3 is 0 Å². The maximum atomic E-state index is 12.4. The monoisotopic (exact) mass is 445 g/mol. The van der Waals surface area contributed by atoms with Crippen LogP contribution in [0.15, 0.2) is 52.5 Å². The number of rotatable bonds is 7. The molecule has 0 fully saturated rings. The van der Waals surface area contributed by atoms with Gasteiger partial charge in [-0.2, -0.15) is 0 Å². The minimum absolute atomic E-state index is 0.113.